The highest BCUT2D eigenvalue weighted by Crippen LogP contribution is 2.21. The van der Waals surface area contributed by atoms with Crippen LogP contribution in [0.1, 0.15) is 17.5 Å². The summed E-state index contributed by atoms with van der Waals surface area (Å²) in [6, 6.07) is 26.7. The predicted molar refractivity (Wildman–Crippen MR) is 142 cm³/mol. The van der Waals surface area contributed by atoms with E-state index in [9.17, 15) is 9.59 Å². The third-order valence-electron chi connectivity index (χ3n) is 5.83. The smallest absolute Gasteiger partial charge is 0.330 e. The highest BCUT2D eigenvalue weighted by atomic mass is 16.5. The predicted octanol–water partition coefficient (Wildman–Crippen LogP) is 3.65. The molecule has 0 aliphatic rings. The summed E-state index contributed by atoms with van der Waals surface area (Å²) in [7, 11) is 1.62. The maximum Gasteiger partial charge on any atom is 0.330 e. The number of rotatable bonds is 11. The van der Waals surface area contributed by atoms with Crippen LogP contribution < -0.4 is 31.4 Å². The summed E-state index contributed by atoms with van der Waals surface area (Å²) in [5.41, 5.74) is 7.64. The minimum Gasteiger partial charge on any atom is -0.497 e. The van der Waals surface area contributed by atoms with E-state index in [2.05, 4.69) is 4.98 Å². The molecule has 4 aromatic rings. The van der Waals surface area contributed by atoms with Gasteiger partial charge in [-0.15, -0.1) is 0 Å². The number of aromatic nitrogens is 2. The molecule has 0 radical (unpaired) electrons. The Kier molecular flexibility index (Phi) is 8.08. The number of nitrogens with two attached hydrogens (primary N) is 1. The third-order valence-corrected chi connectivity index (χ3v) is 5.83. The van der Waals surface area contributed by atoms with E-state index in [-0.39, 0.29) is 18.1 Å². The van der Waals surface area contributed by atoms with Crippen molar-refractivity contribution in [1.29, 1.82) is 0 Å². The Balaban J connectivity index is 1.57. The quantitative estimate of drug-likeness (QED) is 0.314. The van der Waals surface area contributed by atoms with Crippen LogP contribution in [0, 0.1) is 0 Å². The van der Waals surface area contributed by atoms with Crippen LogP contribution in [0.2, 0.25) is 0 Å². The number of aromatic amines is 1. The average molecular weight is 487 g/mol. The molecule has 0 spiro atoms. The molecule has 0 atom stereocenters. The van der Waals surface area contributed by atoms with E-state index in [0.29, 0.717) is 26.1 Å². The van der Waals surface area contributed by atoms with Crippen molar-refractivity contribution in [3.05, 3.63) is 117 Å². The topological polar surface area (TPSA) is 103 Å². The number of hydrogen-bond donors (Lipinski definition) is 2. The summed E-state index contributed by atoms with van der Waals surface area (Å²) >= 11 is 0. The fourth-order valence-corrected chi connectivity index (χ4v) is 4.00. The summed E-state index contributed by atoms with van der Waals surface area (Å²) in [6.07, 6.45) is 0.634. The molecule has 0 saturated heterocycles. The maximum absolute atomic E-state index is 13.0. The lowest BCUT2D eigenvalue weighted by Gasteiger charge is -2.26. The van der Waals surface area contributed by atoms with Crippen LogP contribution in [-0.4, -0.2) is 29.8 Å². The lowest BCUT2D eigenvalue weighted by molar-refractivity contribution is 0.311. The number of nitrogens with zero attached hydrogens (tertiary/aromatic N) is 2. The van der Waals surface area contributed by atoms with Gasteiger partial charge in [0.05, 0.1) is 20.3 Å². The minimum absolute atomic E-state index is 0.139. The number of H-pyrrole nitrogens is 1. The molecule has 0 aliphatic heterocycles. The first kappa shape index (κ1) is 24.7. The summed E-state index contributed by atoms with van der Waals surface area (Å²) in [5.74, 6) is 1.63. The molecule has 0 aliphatic carbocycles. The largest absolute Gasteiger partial charge is 0.497 e. The molecular weight excluding hydrogens is 456 g/mol. The van der Waals surface area contributed by atoms with E-state index >= 15 is 0 Å². The van der Waals surface area contributed by atoms with E-state index in [1.165, 1.54) is 4.57 Å². The van der Waals surface area contributed by atoms with Gasteiger partial charge in [-0.2, -0.15) is 0 Å². The summed E-state index contributed by atoms with van der Waals surface area (Å²) in [6.45, 7) is 1.66. The van der Waals surface area contributed by atoms with E-state index in [1.807, 2.05) is 89.8 Å². The summed E-state index contributed by atoms with van der Waals surface area (Å²) in [4.78, 5) is 30.0. The average Bonchev–Trinajstić information content (AvgIpc) is 2.90. The Bertz CT molecular complexity index is 1370. The lowest BCUT2D eigenvalue weighted by Crippen LogP contribution is -2.39. The number of hydrogen-bond acceptors (Lipinski definition) is 6. The van der Waals surface area contributed by atoms with Crippen LogP contribution in [0.4, 0.5) is 11.5 Å². The van der Waals surface area contributed by atoms with Gasteiger partial charge in [0.2, 0.25) is 0 Å². The molecule has 0 saturated carbocycles. The van der Waals surface area contributed by atoms with Gasteiger partial charge in [-0.05, 0) is 41.8 Å². The highest BCUT2D eigenvalue weighted by molar-refractivity contribution is 5.62. The number of nitrogens with one attached hydrogen (secondary N) is 1. The first-order chi connectivity index (χ1) is 17.5. The van der Waals surface area contributed by atoms with Crippen molar-refractivity contribution in [2.24, 2.45) is 0 Å². The Morgan fingerprint density at radius 3 is 2.11 bits per heavy atom. The molecule has 0 fully saturated rings. The molecule has 186 valence electrons. The number of anilines is 2. The monoisotopic (exact) mass is 486 g/mol. The van der Waals surface area contributed by atoms with Gasteiger partial charge in [-0.3, -0.25) is 14.3 Å². The molecule has 36 heavy (non-hydrogen) atoms. The fourth-order valence-electron chi connectivity index (χ4n) is 4.00. The van der Waals surface area contributed by atoms with Crippen molar-refractivity contribution in [3.8, 4) is 11.5 Å². The van der Waals surface area contributed by atoms with Gasteiger partial charge in [0.15, 0.2) is 0 Å². The van der Waals surface area contributed by atoms with Crippen molar-refractivity contribution >= 4 is 11.5 Å². The Labute approximate surface area is 209 Å². The van der Waals surface area contributed by atoms with Crippen molar-refractivity contribution in [3.63, 3.8) is 0 Å². The molecule has 0 amide bonds. The van der Waals surface area contributed by atoms with E-state index < -0.39 is 11.2 Å². The molecule has 4 rings (SSSR count). The van der Waals surface area contributed by atoms with Crippen LogP contribution in [0.25, 0.3) is 0 Å². The van der Waals surface area contributed by atoms with Gasteiger partial charge < -0.3 is 20.1 Å². The molecule has 0 bridgehead atoms. The summed E-state index contributed by atoms with van der Waals surface area (Å²) in [5, 5.41) is 0. The maximum atomic E-state index is 13.0. The Morgan fingerprint density at radius 1 is 0.861 bits per heavy atom. The van der Waals surface area contributed by atoms with Crippen molar-refractivity contribution in [2.75, 3.05) is 30.9 Å². The molecule has 0 unspecified atom stereocenters. The normalized spacial score (nSPS) is 10.7. The zero-order chi connectivity index (χ0) is 25.3. The second-order valence-electron chi connectivity index (χ2n) is 8.35. The Hall–Kier alpha value is -4.46. The Morgan fingerprint density at radius 2 is 1.47 bits per heavy atom. The summed E-state index contributed by atoms with van der Waals surface area (Å²) < 4.78 is 12.4. The van der Waals surface area contributed by atoms with E-state index in [0.717, 1.165) is 22.6 Å². The van der Waals surface area contributed by atoms with Crippen molar-refractivity contribution in [1.82, 2.24) is 9.55 Å². The second-order valence-corrected chi connectivity index (χ2v) is 8.35. The van der Waals surface area contributed by atoms with Gasteiger partial charge in [0.25, 0.3) is 5.56 Å². The van der Waals surface area contributed by atoms with Gasteiger partial charge in [0.1, 0.15) is 23.0 Å². The zero-order valence-electron chi connectivity index (χ0n) is 20.2. The van der Waals surface area contributed by atoms with Crippen LogP contribution in [0.3, 0.4) is 0 Å². The number of nitrogen functional groups attached to an aromatic ring is 1. The number of benzene rings is 3. The van der Waals surface area contributed by atoms with Crippen molar-refractivity contribution < 1.29 is 9.47 Å². The van der Waals surface area contributed by atoms with Crippen LogP contribution in [0.15, 0.2) is 94.5 Å². The van der Waals surface area contributed by atoms with E-state index in [4.69, 9.17) is 15.2 Å². The molecule has 1 aromatic heterocycles. The third kappa shape index (κ3) is 6.15. The van der Waals surface area contributed by atoms with Crippen molar-refractivity contribution in [2.45, 2.75) is 19.5 Å². The fraction of sp³-hybridized carbons (Fsp3) is 0.214. The molecule has 8 heteroatoms. The van der Waals surface area contributed by atoms with Crippen LogP contribution in [-0.2, 0) is 13.1 Å². The number of methoxy groups -OCH3 is 1. The zero-order valence-corrected chi connectivity index (χ0v) is 20.2. The molecular formula is C28H30N4O4. The van der Waals surface area contributed by atoms with Gasteiger partial charge in [-0.25, -0.2) is 4.79 Å². The highest BCUT2D eigenvalue weighted by Gasteiger charge is 2.19. The molecule has 1 heterocycles. The van der Waals surface area contributed by atoms with Crippen LogP contribution in [0.5, 0.6) is 11.5 Å². The lowest BCUT2D eigenvalue weighted by atomic mass is 10.2. The SMILES string of the molecule is COc1ccc(OCCCN(Cc2ccccc2)c2c(N)n(Cc3ccccc3)c(=O)[nH]c2=O)cc1. The van der Waals surface area contributed by atoms with Gasteiger partial charge in [0, 0.05) is 13.1 Å². The molecule has 3 N–H and O–H groups in total. The first-order valence-corrected chi connectivity index (χ1v) is 11.8. The molecule has 3 aromatic carbocycles. The van der Waals surface area contributed by atoms with Crippen LogP contribution >= 0.6 is 0 Å². The molecule has 8 nitrogen and oxygen atoms in total. The minimum atomic E-state index is -0.535. The van der Waals surface area contributed by atoms with E-state index in [1.54, 1.807) is 7.11 Å². The standard InChI is InChI=1S/C28H30N4O4/c1-35-23-13-15-24(16-14-23)36-18-8-17-31(19-21-9-4-2-5-10-21)25-26(29)32(28(34)30-27(25)33)20-22-11-6-3-7-12-22/h2-7,9-16H,8,17-20,29H2,1H3,(H,30,33,34). The van der Waals surface area contributed by atoms with Gasteiger partial charge in [-0.1, -0.05) is 60.7 Å². The number of ether oxygens (including phenoxy) is 2. The van der Waals surface area contributed by atoms with Gasteiger partial charge >= 0.3 is 5.69 Å². The first-order valence-electron chi connectivity index (χ1n) is 11.8. The second kappa shape index (κ2) is 11.8.